The number of esters is 1. The first-order valence-corrected chi connectivity index (χ1v) is 6.38. The molecule has 0 fully saturated rings. The van der Waals surface area contributed by atoms with Crippen LogP contribution in [0.3, 0.4) is 0 Å². The molecule has 4 nitrogen and oxygen atoms in total. The van der Waals surface area contributed by atoms with Gasteiger partial charge in [0.15, 0.2) is 5.76 Å². The van der Waals surface area contributed by atoms with Gasteiger partial charge in [-0.25, -0.2) is 4.79 Å². The van der Waals surface area contributed by atoms with Gasteiger partial charge in [0.2, 0.25) is 0 Å². The Morgan fingerprint density at radius 1 is 1.32 bits per heavy atom. The highest BCUT2D eigenvalue weighted by Gasteiger charge is 2.30. The van der Waals surface area contributed by atoms with Gasteiger partial charge in [-0.1, -0.05) is 0 Å². The highest BCUT2D eigenvalue weighted by Crippen LogP contribution is 2.30. The zero-order valence-electron chi connectivity index (χ0n) is 11.6. The van der Waals surface area contributed by atoms with Crippen LogP contribution in [-0.4, -0.2) is 17.6 Å². The van der Waals surface area contributed by atoms with E-state index in [9.17, 15) is 18.0 Å². The first-order chi connectivity index (χ1) is 10.4. The Balaban J connectivity index is 2.13. The number of ether oxygens (including phenoxy) is 1. The summed E-state index contributed by atoms with van der Waals surface area (Å²) in [6.07, 6.45) is -1.08. The van der Waals surface area contributed by atoms with Crippen molar-refractivity contribution in [3.63, 3.8) is 0 Å². The van der Waals surface area contributed by atoms with Crippen molar-refractivity contribution in [2.24, 2.45) is 0 Å². The molecule has 0 bridgehead atoms. The van der Waals surface area contributed by atoms with E-state index < -0.39 is 17.7 Å². The standard InChI is InChI=1S/C15H12F3NO3/c1-2-21-14(20)8-5-11-4-7-13(22-11)12-6-3-10(9-19-12)15(16,17)18/h3-9H,2H2,1H3. The third kappa shape index (κ3) is 3.97. The van der Waals surface area contributed by atoms with Crippen molar-refractivity contribution < 1.29 is 27.1 Å². The van der Waals surface area contributed by atoms with E-state index in [-0.39, 0.29) is 12.3 Å². The fourth-order valence-electron chi connectivity index (χ4n) is 1.63. The Morgan fingerprint density at radius 3 is 2.68 bits per heavy atom. The lowest BCUT2D eigenvalue weighted by atomic mass is 10.2. The molecule has 0 aliphatic rings. The number of hydrogen-bond acceptors (Lipinski definition) is 4. The molecule has 2 aromatic rings. The number of nitrogens with zero attached hydrogens (tertiary/aromatic N) is 1. The lowest BCUT2D eigenvalue weighted by Gasteiger charge is -2.05. The highest BCUT2D eigenvalue weighted by molar-refractivity contribution is 5.86. The lowest BCUT2D eigenvalue weighted by Crippen LogP contribution is -2.05. The van der Waals surface area contributed by atoms with Gasteiger partial charge in [0.25, 0.3) is 0 Å². The number of carbonyl (C=O) groups excluding carboxylic acids is 1. The minimum absolute atomic E-state index is 0.266. The van der Waals surface area contributed by atoms with Gasteiger partial charge in [-0.15, -0.1) is 0 Å². The minimum atomic E-state index is -4.43. The van der Waals surface area contributed by atoms with Crippen LogP contribution < -0.4 is 0 Å². The fourth-order valence-corrected chi connectivity index (χ4v) is 1.63. The van der Waals surface area contributed by atoms with E-state index in [1.807, 2.05) is 0 Å². The maximum Gasteiger partial charge on any atom is 0.417 e. The Bertz CT molecular complexity index is 672. The Kier molecular flexibility index (Phi) is 4.65. The number of alkyl halides is 3. The third-order valence-electron chi connectivity index (χ3n) is 2.64. The molecule has 22 heavy (non-hydrogen) atoms. The largest absolute Gasteiger partial charge is 0.463 e. The molecule has 0 radical (unpaired) electrons. The van der Waals surface area contributed by atoms with E-state index >= 15 is 0 Å². The maximum absolute atomic E-state index is 12.4. The molecule has 116 valence electrons. The van der Waals surface area contributed by atoms with Gasteiger partial charge in [-0.05, 0) is 37.3 Å². The molecule has 0 unspecified atom stereocenters. The first kappa shape index (κ1) is 15.8. The second kappa shape index (κ2) is 6.46. The number of halogens is 3. The average Bonchev–Trinajstić information content (AvgIpc) is 2.93. The van der Waals surface area contributed by atoms with Crippen LogP contribution in [0, 0.1) is 0 Å². The topological polar surface area (TPSA) is 52.3 Å². The molecule has 0 amide bonds. The van der Waals surface area contributed by atoms with E-state index in [1.165, 1.54) is 18.2 Å². The van der Waals surface area contributed by atoms with Crippen LogP contribution in [0.15, 0.2) is 41.0 Å². The number of furan rings is 1. The summed E-state index contributed by atoms with van der Waals surface area (Å²) >= 11 is 0. The molecule has 0 atom stereocenters. The molecular weight excluding hydrogens is 299 g/mol. The van der Waals surface area contributed by atoms with E-state index in [4.69, 9.17) is 9.15 Å². The summed E-state index contributed by atoms with van der Waals surface area (Å²) in [6, 6.07) is 5.28. The van der Waals surface area contributed by atoms with Crippen molar-refractivity contribution >= 4 is 12.0 Å². The second-order valence-corrected chi connectivity index (χ2v) is 4.22. The summed E-state index contributed by atoms with van der Waals surface area (Å²) in [5, 5.41) is 0. The molecule has 2 aromatic heterocycles. The first-order valence-electron chi connectivity index (χ1n) is 6.38. The summed E-state index contributed by atoms with van der Waals surface area (Å²) in [7, 11) is 0. The summed E-state index contributed by atoms with van der Waals surface area (Å²) in [5.41, 5.74) is -0.561. The second-order valence-electron chi connectivity index (χ2n) is 4.22. The Hall–Kier alpha value is -2.57. The molecule has 0 saturated heterocycles. The molecule has 0 aromatic carbocycles. The molecule has 0 aliphatic carbocycles. The van der Waals surface area contributed by atoms with Crippen LogP contribution in [0.4, 0.5) is 13.2 Å². The molecular formula is C15H12F3NO3. The van der Waals surface area contributed by atoms with E-state index in [1.54, 1.807) is 19.1 Å². The Labute approximate surface area is 124 Å². The summed E-state index contributed by atoms with van der Waals surface area (Å²) < 4.78 is 47.4. The zero-order chi connectivity index (χ0) is 16.2. The van der Waals surface area contributed by atoms with Gasteiger partial charge in [-0.3, -0.25) is 4.98 Å². The van der Waals surface area contributed by atoms with Crippen molar-refractivity contribution in [1.82, 2.24) is 4.98 Å². The average molecular weight is 311 g/mol. The molecule has 0 N–H and O–H groups in total. The van der Waals surface area contributed by atoms with Crippen molar-refractivity contribution in [2.75, 3.05) is 6.61 Å². The van der Waals surface area contributed by atoms with Gasteiger partial charge >= 0.3 is 12.1 Å². The number of aromatic nitrogens is 1. The zero-order valence-corrected chi connectivity index (χ0v) is 11.6. The maximum atomic E-state index is 12.4. The van der Waals surface area contributed by atoms with Crippen molar-refractivity contribution in [3.8, 4) is 11.5 Å². The number of rotatable bonds is 4. The van der Waals surface area contributed by atoms with Gasteiger partial charge < -0.3 is 9.15 Å². The van der Waals surface area contributed by atoms with Crippen molar-refractivity contribution in [3.05, 3.63) is 47.9 Å². The molecule has 0 aliphatic heterocycles. The number of hydrogen-bond donors (Lipinski definition) is 0. The van der Waals surface area contributed by atoms with E-state index in [0.29, 0.717) is 11.5 Å². The predicted octanol–water partition coefficient (Wildman–Crippen LogP) is 3.94. The van der Waals surface area contributed by atoms with Gasteiger partial charge in [0, 0.05) is 12.3 Å². The number of pyridine rings is 1. The Morgan fingerprint density at radius 2 is 2.09 bits per heavy atom. The van der Waals surface area contributed by atoms with Crippen LogP contribution in [0.1, 0.15) is 18.2 Å². The van der Waals surface area contributed by atoms with Crippen LogP contribution in [0.5, 0.6) is 0 Å². The SMILES string of the molecule is CCOC(=O)C=Cc1ccc(-c2ccc(C(F)(F)F)cn2)o1. The van der Waals surface area contributed by atoms with Crippen molar-refractivity contribution in [1.29, 1.82) is 0 Å². The van der Waals surface area contributed by atoms with Gasteiger partial charge in [0.05, 0.1) is 12.2 Å². The molecule has 2 heterocycles. The summed E-state index contributed by atoms with van der Waals surface area (Å²) in [5.74, 6) is 0.162. The smallest absolute Gasteiger partial charge is 0.417 e. The number of carbonyl (C=O) groups is 1. The monoisotopic (exact) mass is 311 g/mol. The van der Waals surface area contributed by atoms with Crippen LogP contribution in [0.2, 0.25) is 0 Å². The summed E-state index contributed by atoms with van der Waals surface area (Å²) in [6.45, 7) is 1.95. The summed E-state index contributed by atoms with van der Waals surface area (Å²) in [4.78, 5) is 14.9. The third-order valence-corrected chi connectivity index (χ3v) is 2.64. The van der Waals surface area contributed by atoms with E-state index in [2.05, 4.69) is 4.98 Å². The normalized spacial score (nSPS) is 11.8. The van der Waals surface area contributed by atoms with Crippen molar-refractivity contribution in [2.45, 2.75) is 13.1 Å². The highest BCUT2D eigenvalue weighted by atomic mass is 19.4. The lowest BCUT2D eigenvalue weighted by molar-refractivity contribution is -0.138. The predicted molar refractivity (Wildman–Crippen MR) is 72.6 cm³/mol. The molecule has 2 rings (SSSR count). The molecule has 0 saturated carbocycles. The minimum Gasteiger partial charge on any atom is -0.463 e. The molecule has 0 spiro atoms. The van der Waals surface area contributed by atoms with Gasteiger partial charge in [-0.2, -0.15) is 13.2 Å². The quantitative estimate of drug-likeness (QED) is 0.634. The van der Waals surface area contributed by atoms with Crippen LogP contribution in [0.25, 0.3) is 17.5 Å². The van der Waals surface area contributed by atoms with Crippen LogP contribution >= 0.6 is 0 Å². The molecule has 7 heteroatoms. The van der Waals surface area contributed by atoms with Crippen LogP contribution in [-0.2, 0) is 15.7 Å². The van der Waals surface area contributed by atoms with Gasteiger partial charge in [0.1, 0.15) is 11.5 Å². The fraction of sp³-hybridized carbons (Fsp3) is 0.200. The van der Waals surface area contributed by atoms with E-state index in [0.717, 1.165) is 12.3 Å².